The molecule has 0 bridgehead atoms. The lowest BCUT2D eigenvalue weighted by Crippen LogP contribution is -1.99. The Morgan fingerprint density at radius 2 is 1.60 bits per heavy atom. The van der Waals surface area contributed by atoms with E-state index >= 15 is 0 Å². The molecule has 2 aromatic carbocycles. The molecule has 0 amide bonds. The van der Waals surface area contributed by atoms with Crippen LogP contribution in [0.3, 0.4) is 0 Å². The number of hydrogen-bond acceptors (Lipinski definition) is 2. The van der Waals surface area contributed by atoms with Crippen LogP contribution in [0.5, 0.6) is 0 Å². The van der Waals surface area contributed by atoms with E-state index in [-0.39, 0.29) is 5.57 Å². The van der Waals surface area contributed by atoms with Crippen LogP contribution in [0.2, 0.25) is 0 Å². The molecule has 20 heavy (non-hydrogen) atoms. The summed E-state index contributed by atoms with van der Waals surface area (Å²) in [6.07, 6.45) is 0.500. The molecule has 0 aliphatic rings. The predicted octanol–water partition coefficient (Wildman–Crippen LogP) is 4.48. The van der Waals surface area contributed by atoms with Crippen molar-refractivity contribution in [2.24, 2.45) is 0 Å². The van der Waals surface area contributed by atoms with Gasteiger partial charge < -0.3 is 5.11 Å². The molecule has 0 unspecified atom stereocenters. The lowest BCUT2D eigenvalue weighted by molar-refractivity contribution is -0.132. The zero-order valence-electron chi connectivity index (χ0n) is 11.1. The van der Waals surface area contributed by atoms with Gasteiger partial charge in [0.15, 0.2) is 0 Å². The molecule has 0 atom stereocenters. The topological polar surface area (TPSA) is 37.3 Å². The summed E-state index contributed by atoms with van der Waals surface area (Å²) in [4.78, 5) is 11.8. The number of carboxylic acids is 1. The fraction of sp³-hybridized carbons (Fsp3) is 0.118. The van der Waals surface area contributed by atoms with Crippen molar-refractivity contribution in [3.8, 4) is 11.1 Å². The third-order valence-corrected chi connectivity index (χ3v) is 3.95. The van der Waals surface area contributed by atoms with Crippen molar-refractivity contribution in [2.75, 3.05) is 5.75 Å². The second-order valence-electron chi connectivity index (χ2n) is 4.40. The van der Waals surface area contributed by atoms with Gasteiger partial charge in [-0.2, -0.15) is 0 Å². The summed E-state index contributed by atoms with van der Waals surface area (Å²) in [5.74, 6) is -0.180. The smallest absolute Gasteiger partial charge is 0.330 e. The standard InChI is InChI=1S/C17H16O2S/c1-13(17(18)19)11-12-20-16-9-7-15(8-10-16)14-5-3-2-4-6-14/h2-10H,1,11-12H2,(H,18,19). The van der Waals surface area contributed by atoms with Gasteiger partial charge in [0.25, 0.3) is 0 Å². The molecule has 3 heteroatoms. The highest BCUT2D eigenvalue weighted by atomic mass is 32.2. The first-order valence-corrected chi connectivity index (χ1v) is 7.35. The second-order valence-corrected chi connectivity index (χ2v) is 5.57. The summed E-state index contributed by atoms with van der Waals surface area (Å²) in [7, 11) is 0. The summed E-state index contributed by atoms with van der Waals surface area (Å²) in [6.45, 7) is 3.53. The number of aliphatic carboxylic acids is 1. The fourth-order valence-electron chi connectivity index (χ4n) is 1.77. The number of thioether (sulfide) groups is 1. The molecular weight excluding hydrogens is 268 g/mol. The minimum absolute atomic E-state index is 0.262. The molecule has 0 saturated carbocycles. The first-order valence-electron chi connectivity index (χ1n) is 6.36. The SMILES string of the molecule is C=C(CCSc1ccc(-c2ccccc2)cc1)C(=O)O. The van der Waals surface area contributed by atoms with Crippen molar-refractivity contribution in [1.82, 2.24) is 0 Å². The Kier molecular flexibility index (Phi) is 5.02. The molecular formula is C17H16O2S. The van der Waals surface area contributed by atoms with Crippen LogP contribution in [-0.2, 0) is 4.79 Å². The van der Waals surface area contributed by atoms with Gasteiger partial charge in [0, 0.05) is 16.2 Å². The van der Waals surface area contributed by atoms with Crippen molar-refractivity contribution in [1.29, 1.82) is 0 Å². The quantitative estimate of drug-likeness (QED) is 0.628. The van der Waals surface area contributed by atoms with Crippen molar-refractivity contribution in [2.45, 2.75) is 11.3 Å². The van der Waals surface area contributed by atoms with Crippen LogP contribution in [0.25, 0.3) is 11.1 Å². The molecule has 0 aliphatic heterocycles. The Morgan fingerprint density at radius 1 is 1.00 bits per heavy atom. The van der Waals surface area contributed by atoms with E-state index in [1.165, 1.54) is 11.1 Å². The van der Waals surface area contributed by atoms with Crippen molar-refractivity contribution < 1.29 is 9.90 Å². The van der Waals surface area contributed by atoms with Gasteiger partial charge in [0.05, 0.1) is 0 Å². The molecule has 102 valence electrons. The van der Waals surface area contributed by atoms with E-state index in [1.807, 2.05) is 18.2 Å². The molecule has 0 saturated heterocycles. The molecule has 2 nitrogen and oxygen atoms in total. The molecule has 0 aliphatic carbocycles. The molecule has 0 aromatic heterocycles. The second kappa shape index (κ2) is 6.96. The van der Waals surface area contributed by atoms with E-state index in [2.05, 4.69) is 43.0 Å². The van der Waals surface area contributed by atoms with Crippen molar-refractivity contribution >= 4 is 17.7 Å². The summed E-state index contributed by atoms with van der Waals surface area (Å²) < 4.78 is 0. The Labute approximate surface area is 123 Å². The van der Waals surface area contributed by atoms with Crippen LogP contribution in [0.15, 0.2) is 71.6 Å². The van der Waals surface area contributed by atoms with Gasteiger partial charge >= 0.3 is 5.97 Å². The fourth-order valence-corrected chi connectivity index (χ4v) is 2.69. The van der Waals surface area contributed by atoms with Gasteiger partial charge in [-0.25, -0.2) is 4.79 Å². The molecule has 0 spiro atoms. The summed E-state index contributed by atoms with van der Waals surface area (Å²) in [5.41, 5.74) is 2.65. The first-order chi connectivity index (χ1) is 9.66. The molecule has 1 N–H and O–H groups in total. The maximum atomic E-state index is 10.6. The van der Waals surface area contributed by atoms with Crippen LogP contribution in [0.4, 0.5) is 0 Å². The number of rotatable bonds is 6. The summed E-state index contributed by atoms with van der Waals surface area (Å²) in [6, 6.07) is 18.5. The van der Waals surface area contributed by atoms with Crippen LogP contribution in [0.1, 0.15) is 6.42 Å². The lowest BCUT2D eigenvalue weighted by atomic mass is 10.1. The molecule has 2 rings (SSSR count). The summed E-state index contributed by atoms with van der Waals surface area (Å²) in [5, 5.41) is 8.73. The average Bonchev–Trinajstić information content (AvgIpc) is 2.48. The van der Waals surface area contributed by atoms with Gasteiger partial charge in [0.1, 0.15) is 0 Å². The zero-order chi connectivity index (χ0) is 14.4. The molecule has 0 radical (unpaired) electrons. The largest absolute Gasteiger partial charge is 0.478 e. The number of hydrogen-bond donors (Lipinski definition) is 1. The third kappa shape index (κ3) is 4.00. The maximum absolute atomic E-state index is 10.6. The van der Waals surface area contributed by atoms with Gasteiger partial charge in [-0.15, -0.1) is 11.8 Å². The minimum Gasteiger partial charge on any atom is -0.478 e. The maximum Gasteiger partial charge on any atom is 0.330 e. The van der Waals surface area contributed by atoms with E-state index in [0.29, 0.717) is 6.42 Å². The van der Waals surface area contributed by atoms with E-state index < -0.39 is 5.97 Å². The Morgan fingerprint density at radius 3 is 2.20 bits per heavy atom. The van der Waals surface area contributed by atoms with E-state index in [1.54, 1.807) is 11.8 Å². The van der Waals surface area contributed by atoms with Crippen molar-refractivity contribution in [3.05, 3.63) is 66.7 Å². The molecule has 0 heterocycles. The molecule has 0 fully saturated rings. The zero-order valence-corrected chi connectivity index (χ0v) is 11.9. The highest BCUT2D eigenvalue weighted by Crippen LogP contribution is 2.25. The number of benzene rings is 2. The number of carbonyl (C=O) groups is 1. The van der Waals surface area contributed by atoms with Gasteiger partial charge in [0.2, 0.25) is 0 Å². The minimum atomic E-state index is -0.912. The van der Waals surface area contributed by atoms with Crippen LogP contribution in [0, 0.1) is 0 Å². The highest BCUT2D eigenvalue weighted by molar-refractivity contribution is 7.99. The Hall–Kier alpha value is -2.00. The van der Waals surface area contributed by atoms with Crippen LogP contribution < -0.4 is 0 Å². The van der Waals surface area contributed by atoms with E-state index in [4.69, 9.17) is 5.11 Å². The third-order valence-electron chi connectivity index (χ3n) is 2.94. The van der Waals surface area contributed by atoms with Gasteiger partial charge in [-0.05, 0) is 29.7 Å². The van der Waals surface area contributed by atoms with Crippen molar-refractivity contribution in [3.63, 3.8) is 0 Å². The normalized spacial score (nSPS) is 10.2. The Balaban J connectivity index is 1.92. The monoisotopic (exact) mass is 284 g/mol. The lowest BCUT2D eigenvalue weighted by Gasteiger charge is -2.04. The molecule has 2 aromatic rings. The van der Waals surface area contributed by atoms with Crippen LogP contribution in [-0.4, -0.2) is 16.8 Å². The van der Waals surface area contributed by atoms with Crippen LogP contribution >= 0.6 is 11.8 Å². The Bertz CT molecular complexity index is 588. The van der Waals surface area contributed by atoms with Gasteiger partial charge in [-0.1, -0.05) is 49.0 Å². The highest BCUT2D eigenvalue weighted by Gasteiger charge is 2.04. The predicted molar refractivity (Wildman–Crippen MR) is 84.0 cm³/mol. The van der Waals surface area contributed by atoms with E-state index in [9.17, 15) is 4.79 Å². The van der Waals surface area contributed by atoms with E-state index in [0.717, 1.165) is 10.6 Å². The number of carboxylic acid groups (broad SMARTS) is 1. The summed E-state index contributed by atoms with van der Waals surface area (Å²) >= 11 is 1.65. The van der Waals surface area contributed by atoms with Gasteiger partial charge in [-0.3, -0.25) is 0 Å². The average molecular weight is 284 g/mol. The first kappa shape index (κ1) is 14.4.